The third-order valence-corrected chi connectivity index (χ3v) is 1.45. The largest absolute Gasteiger partial charge is 0.408 e. The van der Waals surface area contributed by atoms with Crippen LogP contribution in [0.4, 0.5) is 13.2 Å². The number of nitrogens with two attached hydrogens (primary N) is 1. The molecular formula is C4H7F3N2. The number of nitrogens with one attached hydrogen (secondary N) is 1. The lowest BCUT2D eigenvalue weighted by atomic mass is 9.93. The maximum atomic E-state index is 11.7. The van der Waals surface area contributed by atoms with E-state index in [1.165, 1.54) is 0 Å². The molecule has 1 saturated heterocycles. The molecule has 1 heterocycles. The Kier molecular flexibility index (Phi) is 1.22. The molecular weight excluding hydrogens is 133 g/mol. The molecule has 0 aromatic heterocycles. The quantitative estimate of drug-likeness (QED) is 0.491. The molecule has 1 aliphatic rings. The minimum atomic E-state index is -4.25. The molecule has 2 nitrogen and oxygen atoms in total. The summed E-state index contributed by atoms with van der Waals surface area (Å²) in [5.74, 6) is 0. The van der Waals surface area contributed by atoms with Gasteiger partial charge in [-0.25, -0.2) is 0 Å². The van der Waals surface area contributed by atoms with Crippen LogP contribution in [0.1, 0.15) is 0 Å². The summed E-state index contributed by atoms with van der Waals surface area (Å²) < 4.78 is 35.2. The molecule has 0 aliphatic carbocycles. The molecule has 54 valence electrons. The van der Waals surface area contributed by atoms with Gasteiger partial charge in [0.1, 0.15) is 5.54 Å². The lowest BCUT2D eigenvalue weighted by Gasteiger charge is -2.40. The van der Waals surface area contributed by atoms with Crippen molar-refractivity contribution >= 4 is 0 Å². The summed E-state index contributed by atoms with van der Waals surface area (Å²) in [4.78, 5) is 0. The first-order valence-electron chi connectivity index (χ1n) is 2.52. The zero-order chi connectivity index (χ0) is 7.12. The van der Waals surface area contributed by atoms with Crippen molar-refractivity contribution in [1.82, 2.24) is 5.32 Å². The topological polar surface area (TPSA) is 38.0 Å². The number of halogens is 3. The monoisotopic (exact) mass is 140 g/mol. The minimum Gasteiger partial charge on any atom is -0.315 e. The maximum absolute atomic E-state index is 11.7. The summed E-state index contributed by atoms with van der Waals surface area (Å²) in [5, 5.41) is 2.46. The second kappa shape index (κ2) is 1.60. The van der Waals surface area contributed by atoms with Gasteiger partial charge in [-0.3, -0.25) is 0 Å². The van der Waals surface area contributed by atoms with Gasteiger partial charge < -0.3 is 11.1 Å². The van der Waals surface area contributed by atoms with Crippen LogP contribution >= 0.6 is 0 Å². The molecule has 0 bridgehead atoms. The predicted molar refractivity (Wildman–Crippen MR) is 25.8 cm³/mol. The average molecular weight is 140 g/mol. The third kappa shape index (κ3) is 0.900. The molecule has 1 fully saturated rings. The Balaban J connectivity index is 2.59. The molecule has 1 rings (SSSR count). The van der Waals surface area contributed by atoms with Crippen LogP contribution in [0.15, 0.2) is 0 Å². The van der Waals surface area contributed by atoms with E-state index in [4.69, 9.17) is 5.73 Å². The van der Waals surface area contributed by atoms with E-state index in [1.807, 2.05) is 0 Å². The first kappa shape index (κ1) is 6.82. The minimum absolute atomic E-state index is 0.156. The summed E-state index contributed by atoms with van der Waals surface area (Å²) in [7, 11) is 0. The summed E-state index contributed by atoms with van der Waals surface area (Å²) in [5.41, 5.74) is 2.94. The van der Waals surface area contributed by atoms with Crippen LogP contribution in [0.5, 0.6) is 0 Å². The number of rotatable bonds is 0. The van der Waals surface area contributed by atoms with Crippen molar-refractivity contribution in [2.45, 2.75) is 11.7 Å². The first-order valence-corrected chi connectivity index (χ1v) is 2.52. The van der Waals surface area contributed by atoms with Crippen molar-refractivity contribution in [3.05, 3.63) is 0 Å². The molecule has 0 unspecified atom stereocenters. The van der Waals surface area contributed by atoms with E-state index in [0.29, 0.717) is 0 Å². The van der Waals surface area contributed by atoms with E-state index in [9.17, 15) is 13.2 Å². The SMILES string of the molecule is NC1(C(F)(F)F)CNC1. The van der Waals surface area contributed by atoms with Crippen LogP contribution in [0.25, 0.3) is 0 Å². The van der Waals surface area contributed by atoms with Gasteiger partial charge in [-0.2, -0.15) is 13.2 Å². The molecule has 1 aliphatic heterocycles. The summed E-state index contributed by atoms with van der Waals surface area (Å²) in [6, 6.07) is 0. The number of hydrogen-bond donors (Lipinski definition) is 2. The molecule has 0 amide bonds. The molecule has 5 heteroatoms. The lowest BCUT2D eigenvalue weighted by Crippen LogP contribution is -2.73. The van der Waals surface area contributed by atoms with Gasteiger partial charge in [0.15, 0.2) is 0 Å². The Hall–Kier alpha value is -0.290. The van der Waals surface area contributed by atoms with Crippen molar-refractivity contribution in [3.8, 4) is 0 Å². The van der Waals surface area contributed by atoms with Crippen molar-refractivity contribution in [1.29, 1.82) is 0 Å². The van der Waals surface area contributed by atoms with Crippen LogP contribution in [-0.4, -0.2) is 24.8 Å². The fourth-order valence-electron chi connectivity index (χ4n) is 0.595. The third-order valence-electron chi connectivity index (χ3n) is 1.45. The molecule has 0 saturated carbocycles. The number of hydrogen-bond acceptors (Lipinski definition) is 2. The molecule has 0 aromatic carbocycles. The van der Waals surface area contributed by atoms with E-state index in [-0.39, 0.29) is 13.1 Å². The van der Waals surface area contributed by atoms with Gasteiger partial charge in [0.25, 0.3) is 0 Å². The Morgan fingerprint density at radius 3 is 1.78 bits per heavy atom. The highest BCUT2D eigenvalue weighted by atomic mass is 19.4. The van der Waals surface area contributed by atoms with Gasteiger partial charge in [-0.15, -0.1) is 0 Å². The van der Waals surface area contributed by atoms with Crippen molar-refractivity contribution in [2.75, 3.05) is 13.1 Å². The number of alkyl halides is 3. The molecule has 0 aromatic rings. The van der Waals surface area contributed by atoms with E-state index >= 15 is 0 Å². The second-order valence-electron chi connectivity index (χ2n) is 2.26. The highest BCUT2D eigenvalue weighted by Gasteiger charge is 2.55. The van der Waals surface area contributed by atoms with E-state index < -0.39 is 11.7 Å². The average Bonchev–Trinajstić information content (AvgIpc) is 1.57. The highest BCUT2D eigenvalue weighted by Crippen LogP contribution is 2.30. The van der Waals surface area contributed by atoms with Crippen molar-refractivity contribution in [3.63, 3.8) is 0 Å². The maximum Gasteiger partial charge on any atom is 0.408 e. The van der Waals surface area contributed by atoms with Crippen molar-refractivity contribution in [2.24, 2.45) is 5.73 Å². The highest BCUT2D eigenvalue weighted by molar-refractivity contribution is 5.03. The van der Waals surface area contributed by atoms with Crippen LogP contribution in [0.2, 0.25) is 0 Å². The Morgan fingerprint density at radius 2 is 1.78 bits per heavy atom. The van der Waals surface area contributed by atoms with Gasteiger partial charge in [0.05, 0.1) is 0 Å². The molecule has 9 heavy (non-hydrogen) atoms. The predicted octanol–water partition coefficient (Wildman–Crippen LogP) is -0.151. The van der Waals surface area contributed by atoms with Gasteiger partial charge in [0, 0.05) is 13.1 Å². The Bertz CT molecular complexity index is 115. The van der Waals surface area contributed by atoms with E-state index in [0.717, 1.165) is 0 Å². The Labute approximate surface area is 50.2 Å². The van der Waals surface area contributed by atoms with Crippen LogP contribution in [0, 0.1) is 0 Å². The summed E-state index contributed by atoms with van der Waals surface area (Å²) >= 11 is 0. The van der Waals surface area contributed by atoms with E-state index in [2.05, 4.69) is 5.32 Å². The van der Waals surface area contributed by atoms with Gasteiger partial charge in [-0.05, 0) is 0 Å². The normalized spacial score (nSPS) is 25.3. The zero-order valence-corrected chi connectivity index (χ0v) is 4.63. The van der Waals surface area contributed by atoms with Crippen LogP contribution in [-0.2, 0) is 0 Å². The molecule has 0 atom stereocenters. The van der Waals surface area contributed by atoms with Gasteiger partial charge >= 0.3 is 6.18 Å². The van der Waals surface area contributed by atoms with Crippen LogP contribution in [0.3, 0.4) is 0 Å². The van der Waals surface area contributed by atoms with Crippen LogP contribution < -0.4 is 11.1 Å². The molecule has 3 N–H and O–H groups in total. The molecule has 0 spiro atoms. The Morgan fingerprint density at radius 1 is 1.33 bits per heavy atom. The van der Waals surface area contributed by atoms with Gasteiger partial charge in [-0.1, -0.05) is 0 Å². The summed E-state index contributed by atoms with van der Waals surface area (Å²) in [6.45, 7) is -0.312. The van der Waals surface area contributed by atoms with Crippen molar-refractivity contribution < 1.29 is 13.2 Å². The fraction of sp³-hybridized carbons (Fsp3) is 1.00. The zero-order valence-electron chi connectivity index (χ0n) is 4.63. The van der Waals surface area contributed by atoms with Gasteiger partial charge in [0.2, 0.25) is 0 Å². The first-order chi connectivity index (χ1) is 3.96. The standard InChI is InChI=1S/C4H7F3N2/c5-4(6,7)3(8)1-9-2-3/h9H,1-2,8H2. The lowest BCUT2D eigenvalue weighted by molar-refractivity contribution is -0.197. The smallest absolute Gasteiger partial charge is 0.315 e. The fourth-order valence-corrected chi connectivity index (χ4v) is 0.595. The van der Waals surface area contributed by atoms with E-state index in [1.54, 1.807) is 0 Å². The summed E-state index contributed by atoms with van der Waals surface area (Å²) in [6.07, 6.45) is -4.25. The second-order valence-corrected chi connectivity index (χ2v) is 2.26. The molecule has 0 radical (unpaired) electrons.